The van der Waals surface area contributed by atoms with Gasteiger partial charge in [0.2, 0.25) is 0 Å². The van der Waals surface area contributed by atoms with E-state index in [0.29, 0.717) is 31.2 Å². The van der Waals surface area contributed by atoms with Gasteiger partial charge < -0.3 is 10.2 Å². The molecule has 1 N–H and O–H groups in total. The van der Waals surface area contributed by atoms with E-state index in [0.717, 1.165) is 55.8 Å². The fourth-order valence-corrected chi connectivity index (χ4v) is 6.80. The molecule has 1 saturated heterocycles. The van der Waals surface area contributed by atoms with Crippen LogP contribution in [0.15, 0.2) is 56.9 Å². The maximum Gasteiger partial charge on any atom is 0.252 e. The molecule has 0 bridgehead atoms. The number of ketones is 1. The van der Waals surface area contributed by atoms with Gasteiger partial charge in [-0.05, 0) is 55.3 Å². The zero-order valence-electron chi connectivity index (χ0n) is 19.7. The van der Waals surface area contributed by atoms with Gasteiger partial charge in [0.1, 0.15) is 11.4 Å². The number of nitrogens with one attached hydrogen (secondary N) is 1. The topological polar surface area (TPSA) is 76.3 Å². The number of Topliss-reactive ketones (excluding diaryl/α,β-unsaturated/α-hetero) is 1. The standard InChI is InChI=1S/C27H30N4O3S/c32-23-9-12-35-24-4-1-18(13-20(24)14-23)15-28-21-7-10-29(11-8-21)16-22-17-30-25(33)5-2-19-3-6-26(34)31(22)27(19)30/h1-6,13,21-22,28H,7-12,14-17H2/t22-/m1/s1. The van der Waals surface area contributed by atoms with Crippen LogP contribution >= 0.6 is 11.8 Å². The van der Waals surface area contributed by atoms with Crippen LogP contribution in [0.1, 0.15) is 36.4 Å². The van der Waals surface area contributed by atoms with Crippen LogP contribution in [-0.4, -0.2) is 51.2 Å². The average Bonchev–Trinajstić information content (AvgIpc) is 3.14. The predicted molar refractivity (Wildman–Crippen MR) is 138 cm³/mol. The van der Waals surface area contributed by atoms with Crippen LogP contribution in [-0.2, 0) is 24.3 Å². The molecule has 1 fully saturated rings. The van der Waals surface area contributed by atoms with Gasteiger partial charge in [0.05, 0.1) is 6.04 Å². The third-order valence-corrected chi connectivity index (χ3v) is 8.73. The lowest BCUT2D eigenvalue weighted by Gasteiger charge is -2.34. The summed E-state index contributed by atoms with van der Waals surface area (Å²) in [6.45, 7) is 4.10. The maximum absolute atomic E-state index is 12.7. The minimum atomic E-state index is -0.0389. The van der Waals surface area contributed by atoms with Crippen molar-refractivity contribution in [3.05, 3.63) is 74.3 Å². The summed E-state index contributed by atoms with van der Waals surface area (Å²) in [4.78, 5) is 40.7. The van der Waals surface area contributed by atoms with Gasteiger partial charge in [-0.25, -0.2) is 0 Å². The molecule has 2 aromatic heterocycles. The first kappa shape index (κ1) is 22.8. The van der Waals surface area contributed by atoms with E-state index in [1.54, 1.807) is 28.5 Å². The molecule has 0 spiro atoms. The molecule has 3 aromatic rings. The van der Waals surface area contributed by atoms with E-state index in [2.05, 4.69) is 28.4 Å². The number of hydrogen-bond donors (Lipinski definition) is 1. The number of likely N-dealkylation sites (tertiary alicyclic amines) is 1. The summed E-state index contributed by atoms with van der Waals surface area (Å²) in [5, 5.41) is 4.65. The summed E-state index contributed by atoms with van der Waals surface area (Å²) in [5.41, 5.74) is 3.10. The van der Waals surface area contributed by atoms with Crippen LogP contribution in [0.3, 0.4) is 0 Å². The third kappa shape index (κ3) is 4.50. The lowest BCUT2D eigenvalue weighted by molar-refractivity contribution is -0.118. The van der Waals surface area contributed by atoms with Crippen molar-refractivity contribution >= 4 is 28.6 Å². The fourth-order valence-electron chi connectivity index (χ4n) is 5.77. The van der Waals surface area contributed by atoms with Crippen molar-refractivity contribution < 1.29 is 4.79 Å². The maximum atomic E-state index is 12.7. The van der Waals surface area contributed by atoms with Gasteiger partial charge in [0.15, 0.2) is 0 Å². The highest BCUT2D eigenvalue weighted by Crippen LogP contribution is 2.29. The van der Waals surface area contributed by atoms with Crippen molar-refractivity contribution in [1.82, 2.24) is 19.4 Å². The SMILES string of the molecule is O=C1CCSc2ccc(CNC3CCN(C[C@@H]4Cn5c(=O)ccc6ccc(=O)n4c65)CC3)cc2C1. The van der Waals surface area contributed by atoms with Crippen LogP contribution < -0.4 is 16.4 Å². The molecule has 8 heteroatoms. The molecular formula is C27H30N4O3S. The van der Waals surface area contributed by atoms with E-state index in [-0.39, 0.29) is 17.2 Å². The number of rotatable bonds is 5. The summed E-state index contributed by atoms with van der Waals surface area (Å²) >= 11 is 1.79. The Labute approximate surface area is 208 Å². The first-order valence-corrected chi connectivity index (χ1v) is 13.5. The Kier molecular flexibility index (Phi) is 6.12. The number of hydrogen-bond acceptors (Lipinski definition) is 6. The molecule has 3 aliphatic heterocycles. The molecule has 0 unspecified atom stereocenters. The molecule has 0 amide bonds. The lowest BCUT2D eigenvalue weighted by atomic mass is 10.0. The van der Waals surface area contributed by atoms with Crippen LogP contribution in [0.4, 0.5) is 0 Å². The van der Waals surface area contributed by atoms with Gasteiger partial charge in [-0.2, -0.15) is 0 Å². The highest BCUT2D eigenvalue weighted by molar-refractivity contribution is 7.99. The number of thioether (sulfide) groups is 1. The average molecular weight is 491 g/mol. The zero-order chi connectivity index (χ0) is 23.9. The molecule has 3 aliphatic rings. The van der Waals surface area contributed by atoms with Gasteiger partial charge in [-0.15, -0.1) is 11.8 Å². The van der Waals surface area contributed by atoms with E-state index >= 15 is 0 Å². The largest absolute Gasteiger partial charge is 0.310 e. The number of aromatic nitrogens is 2. The van der Waals surface area contributed by atoms with E-state index < -0.39 is 0 Å². The number of carbonyl (C=O) groups is 1. The molecular weight excluding hydrogens is 460 g/mol. The number of nitrogens with zero attached hydrogens (tertiary/aromatic N) is 3. The van der Waals surface area contributed by atoms with Gasteiger partial charge in [0.25, 0.3) is 11.1 Å². The molecule has 1 aromatic carbocycles. The second-order valence-electron chi connectivity index (χ2n) is 9.97. The van der Waals surface area contributed by atoms with Gasteiger partial charge >= 0.3 is 0 Å². The Morgan fingerprint density at radius 2 is 1.77 bits per heavy atom. The molecule has 0 saturated carbocycles. The number of fused-ring (bicyclic) bond motifs is 1. The van der Waals surface area contributed by atoms with Crippen LogP contribution in [0.5, 0.6) is 0 Å². The molecule has 35 heavy (non-hydrogen) atoms. The molecule has 0 aliphatic carbocycles. The Balaban J connectivity index is 1.06. The minimum absolute atomic E-state index is 0.00836. The Bertz CT molecular complexity index is 1400. The monoisotopic (exact) mass is 490 g/mol. The second kappa shape index (κ2) is 9.41. The van der Waals surface area contributed by atoms with E-state index in [1.165, 1.54) is 16.0 Å². The van der Waals surface area contributed by atoms with Crippen LogP contribution in [0.25, 0.3) is 11.0 Å². The van der Waals surface area contributed by atoms with Gasteiger partial charge in [-0.1, -0.05) is 12.1 Å². The third-order valence-electron chi connectivity index (χ3n) is 7.62. The van der Waals surface area contributed by atoms with Crippen molar-refractivity contribution in [2.24, 2.45) is 0 Å². The van der Waals surface area contributed by atoms with Crippen LogP contribution in [0, 0.1) is 0 Å². The summed E-state index contributed by atoms with van der Waals surface area (Å²) in [5.74, 6) is 1.22. The predicted octanol–water partition coefficient (Wildman–Crippen LogP) is 2.58. The van der Waals surface area contributed by atoms with Gasteiger partial charge in [-0.3, -0.25) is 23.5 Å². The Hall–Kier alpha value is -2.68. The summed E-state index contributed by atoms with van der Waals surface area (Å²) < 4.78 is 3.57. The van der Waals surface area contributed by atoms with Crippen molar-refractivity contribution in [2.75, 3.05) is 25.4 Å². The summed E-state index contributed by atoms with van der Waals surface area (Å²) in [6.07, 6.45) is 3.33. The lowest BCUT2D eigenvalue weighted by Crippen LogP contribution is -2.44. The summed E-state index contributed by atoms with van der Waals surface area (Å²) in [6, 6.07) is 13.8. The zero-order valence-corrected chi connectivity index (χ0v) is 20.6. The molecule has 5 heterocycles. The van der Waals surface area contributed by atoms with E-state index in [1.807, 2.05) is 16.7 Å². The van der Waals surface area contributed by atoms with E-state index in [4.69, 9.17) is 0 Å². The normalized spacial score (nSPS) is 20.8. The Morgan fingerprint density at radius 1 is 0.971 bits per heavy atom. The van der Waals surface area contributed by atoms with Crippen molar-refractivity contribution in [2.45, 2.75) is 55.8 Å². The fraction of sp³-hybridized carbons (Fsp3) is 0.444. The van der Waals surface area contributed by atoms with Crippen molar-refractivity contribution in [3.8, 4) is 0 Å². The number of benzene rings is 1. The first-order chi connectivity index (χ1) is 17.0. The number of pyridine rings is 2. The number of carbonyl (C=O) groups excluding carboxylic acids is 1. The molecule has 0 radical (unpaired) electrons. The minimum Gasteiger partial charge on any atom is -0.310 e. The number of piperidine rings is 1. The Morgan fingerprint density at radius 3 is 2.60 bits per heavy atom. The molecule has 1 atom stereocenters. The molecule has 6 rings (SSSR count). The first-order valence-electron chi connectivity index (χ1n) is 12.5. The van der Waals surface area contributed by atoms with Gasteiger partial charge in [0, 0.05) is 66.7 Å². The van der Waals surface area contributed by atoms with Crippen molar-refractivity contribution in [3.63, 3.8) is 0 Å². The highest BCUT2D eigenvalue weighted by Gasteiger charge is 2.29. The quantitative estimate of drug-likeness (QED) is 0.593. The smallest absolute Gasteiger partial charge is 0.252 e. The second-order valence-corrected chi connectivity index (χ2v) is 11.1. The van der Waals surface area contributed by atoms with Crippen LogP contribution in [0.2, 0.25) is 0 Å². The highest BCUT2D eigenvalue weighted by atomic mass is 32.2. The summed E-state index contributed by atoms with van der Waals surface area (Å²) in [7, 11) is 0. The molecule has 7 nitrogen and oxygen atoms in total. The molecule has 182 valence electrons. The van der Waals surface area contributed by atoms with Crippen molar-refractivity contribution in [1.29, 1.82) is 0 Å². The van der Waals surface area contributed by atoms with E-state index in [9.17, 15) is 14.4 Å².